The summed E-state index contributed by atoms with van der Waals surface area (Å²) in [7, 11) is 6.00. The number of benzene rings is 2. The largest absolute Gasteiger partial charge is 0.495 e. The van der Waals surface area contributed by atoms with Gasteiger partial charge in [-0.1, -0.05) is 6.07 Å². The summed E-state index contributed by atoms with van der Waals surface area (Å²) in [4.78, 5) is 53.0. The molecule has 0 fully saturated rings. The summed E-state index contributed by atoms with van der Waals surface area (Å²) in [5.74, 6) is 1.06. The van der Waals surface area contributed by atoms with Crippen LogP contribution in [-0.2, 0) is 25.5 Å². The summed E-state index contributed by atoms with van der Waals surface area (Å²) in [6.07, 6.45) is 1.46. The lowest BCUT2D eigenvalue weighted by Gasteiger charge is -2.27. The van der Waals surface area contributed by atoms with Gasteiger partial charge in [-0.3, -0.25) is 9.59 Å². The molecule has 2 aromatic rings. The molecular formula is C35H46N2O10. The van der Waals surface area contributed by atoms with Crippen molar-refractivity contribution in [1.82, 2.24) is 4.90 Å². The zero-order valence-electron chi connectivity index (χ0n) is 29.0. The first-order chi connectivity index (χ1) is 22.0. The number of methoxy groups -OCH3 is 4. The second-order valence-electron chi connectivity index (χ2n) is 12.9. The molecule has 1 aliphatic rings. The third-order valence-corrected chi connectivity index (χ3v) is 6.94. The average Bonchev–Trinajstić information content (AvgIpc) is 3.14. The average molecular weight is 655 g/mol. The van der Waals surface area contributed by atoms with Crippen LogP contribution in [0.3, 0.4) is 0 Å². The van der Waals surface area contributed by atoms with Gasteiger partial charge >= 0.3 is 18.1 Å². The van der Waals surface area contributed by atoms with Crippen LogP contribution in [0.15, 0.2) is 30.3 Å². The summed E-state index contributed by atoms with van der Waals surface area (Å²) in [5, 5.41) is 2.76. The van der Waals surface area contributed by atoms with Crippen molar-refractivity contribution in [2.75, 3.05) is 40.3 Å². The Kier molecular flexibility index (Phi) is 11.9. The number of amides is 3. The highest BCUT2D eigenvalue weighted by atomic mass is 16.6. The molecule has 0 saturated carbocycles. The monoisotopic (exact) mass is 654 g/mol. The van der Waals surface area contributed by atoms with Crippen molar-refractivity contribution in [3.05, 3.63) is 47.0 Å². The Labute approximate surface area is 276 Å². The van der Waals surface area contributed by atoms with Crippen LogP contribution in [-0.4, -0.2) is 75.0 Å². The minimum atomic E-state index is -0.881. The fourth-order valence-corrected chi connectivity index (χ4v) is 5.02. The van der Waals surface area contributed by atoms with E-state index in [1.54, 1.807) is 71.9 Å². The Hall–Kier alpha value is -4.74. The summed E-state index contributed by atoms with van der Waals surface area (Å²) < 4.78 is 33.3. The number of nitrogens with zero attached hydrogens (tertiary/aromatic N) is 1. The maximum atomic E-state index is 13.7. The fourth-order valence-electron chi connectivity index (χ4n) is 5.02. The van der Waals surface area contributed by atoms with Gasteiger partial charge in [-0.15, -0.1) is 0 Å². The first-order valence-corrected chi connectivity index (χ1v) is 15.3. The van der Waals surface area contributed by atoms with E-state index in [0.717, 1.165) is 10.5 Å². The van der Waals surface area contributed by atoms with Gasteiger partial charge in [0.2, 0.25) is 5.75 Å². The van der Waals surface area contributed by atoms with Crippen molar-refractivity contribution in [2.24, 2.45) is 0 Å². The number of carbonyl (C=O) groups excluding carboxylic acids is 4. The van der Waals surface area contributed by atoms with Gasteiger partial charge in [0, 0.05) is 24.9 Å². The molecule has 1 aliphatic carbocycles. The quantitative estimate of drug-likeness (QED) is 0.280. The highest BCUT2D eigenvalue weighted by molar-refractivity contribution is 6.04. The molecule has 0 aliphatic heterocycles. The Bertz CT molecular complexity index is 1530. The Morgan fingerprint density at radius 3 is 2.02 bits per heavy atom. The van der Waals surface area contributed by atoms with Crippen molar-refractivity contribution in [3.63, 3.8) is 0 Å². The number of rotatable bonds is 10. The van der Waals surface area contributed by atoms with Crippen molar-refractivity contribution in [1.29, 1.82) is 0 Å². The number of hydrogen-bond donors (Lipinski definition) is 1. The summed E-state index contributed by atoms with van der Waals surface area (Å²) >= 11 is 0. The number of urea groups is 1. The standard InChI is InChI=1S/C35H46N2O10/c1-34(2,3)46-29(39)12-11-17-37(33(41)47-35(4,5)6)32(40)36-26-18-21(13-16-27(26)42-7)24-19-22(38)14-15-23-25(24)20-28(43-8)31(45-10)30(23)44-9/h13,16,18-20H,11-12,14-15,17H2,1-10H3,(H,36,40). The second-order valence-corrected chi connectivity index (χ2v) is 12.9. The Balaban J connectivity index is 2.02. The number of nitrogens with one attached hydrogen (secondary N) is 1. The van der Waals surface area contributed by atoms with E-state index in [2.05, 4.69) is 5.32 Å². The predicted molar refractivity (Wildman–Crippen MR) is 177 cm³/mol. The van der Waals surface area contributed by atoms with Crippen LogP contribution < -0.4 is 24.3 Å². The molecule has 256 valence electrons. The molecule has 12 nitrogen and oxygen atoms in total. The fraction of sp³-hybridized carbons (Fsp3) is 0.486. The molecule has 0 atom stereocenters. The molecular weight excluding hydrogens is 608 g/mol. The third-order valence-electron chi connectivity index (χ3n) is 6.94. The van der Waals surface area contributed by atoms with E-state index in [0.29, 0.717) is 46.1 Å². The lowest BCUT2D eigenvalue weighted by atomic mass is 9.92. The molecule has 0 saturated heterocycles. The minimum Gasteiger partial charge on any atom is -0.495 e. The topological polar surface area (TPSA) is 139 Å². The van der Waals surface area contributed by atoms with E-state index in [9.17, 15) is 19.2 Å². The van der Waals surface area contributed by atoms with Gasteiger partial charge in [0.25, 0.3) is 0 Å². The molecule has 12 heteroatoms. The molecule has 2 aromatic carbocycles. The van der Waals surface area contributed by atoms with Gasteiger partial charge in [0.05, 0.1) is 34.1 Å². The van der Waals surface area contributed by atoms with Crippen molar-refractivity contribution >= 4 is 35.1 Å². The Morgan fingerprint density at radius 2 is 1.45 bits per heavy atom. The van der Waals surface area contributed by atoms with Crippen LogP contribution in [0.2, 0.25) is 0 Å². The van der Waals surface area contributed by atoms with Gasteiger partial charge in [-0.2, -0.15) is 0 Å². The smallest absolute Gasteiger partial charge is 0.418 e. The number of fused-ring (bicyclic) bond motifs is 1. The second kappa shape index (κ2) is 15.2. The number of anilines is 1. The number of ether oxygens (including phenoxy) is 6. The molecule has 0 radical (unpaired) electrons. The molecule has 3 rings (SSSR count). The van der Waals surface area contributed by atoms with E-state index in [1.165, 1.54) is 28.4 Å². The highest BCUT2D eigenvalue weighted by Crippen LogP contribution is 2.47. The molecule has 0 heterocycles. The maximum Gasteiger partial charge on any atom is 0.418 e. The van der Waals surface area contributed by atoms with Crippen LogP contribution in [0.5, 0.6) is 23.0 Å². The normalized spacial score (nSPS) is 13.0. The molecule has 3 amide bonds. The van der Waals surface area contributed by atoms with Crippen LogP contribution in [0.1, 0.15) is 77.5 Å². The first kappa shape index (κ1) is 36.7. The number of esters is 1. The van der Waals surface area contributed by atoms with Crippen LogP contribution in [0.25, 0.3) is 5.57 Å². The van der Waals surface area contributed by atoms with Gasteiger partial charge in [0.1, 0.15) is 17.0 Å². The molecule has 0 spiro atoms. The predicted octanol–water partition coefficient (Wildman–Crippen LogP) is 6.56. The van der Waals surface area contributed by atoms with Crippen molar-refractivity contribution in [2.45, 2.75) is 78.4 Å². The summed E-state index contributed by atoms with van der Waals surface area (Å²) in [6.45, 7) is 10.2. The van der Waals surface area contributed by atoms with Gasteiger partial charge in [-0.25, -0.2) is 14.5 Å². The lowest BCUT2D eigenvalue weighted by molar-refractivity contribution is -0.155. The van der Waals surface area contributed by atoms with Gasteiger partial charge < -0.3 is 33.7 Å². The zero-order valence-corrected chi connectivity index (χ0v) is 29.0. The van der Waals surface area contributed by atoms with Gasteiger partial charge in [0.15, 0.2) is 17.3 Å². The van der Waals surface area contributed by atoms with E-state index in [4.69, 9.17) is 28.4 Å². The number of hydrogen-bond acceptors (Lipinski definition) is 10. The minimum absolute atomic E-state index is 0.0119. The molecule has 0 bridgehead atoms. The van der Waals surface area contributed by atoms with Crippen LogP contribution >= 0.6 is 0 Å². The van der Waals surface area contributed by atoms with E-state index < -0.39 is 29.3 Å². The highest BCUT2D eigenvalue weighted by Gasteiger charge is 2.30. The van der Waals surface area contributed by atoms with E-state index >= 15 is 0 Å². The van der Waals surface area contributed by atoms with Crippen LogP contribution in [0, 0.1) is 0 Å². The molecule has 0 aromatic heterocycles. The SMILES string of the molecule is COc1ccc(C2=CC(=O)CCc3c2cc(OC)c(OC)c3OC)cc1NC(=O)N(CCCC(=O)OC(C)(C)C)C(=O)OC(C)(C)C. The first-order valence-electron chi connectivity index (χ1n) is 15.3. The van der Waals surface area contributed by atoms with Crippen molar-refractivity contribution in [3.8, 4) is 23.0 Å². The summed E-state index contributed by atoms with van der Waals surface area (Å²) in [6, 6.07) is 6.07. The number of ketones is 1. The van der Waals surface area contributed by atoms with Gasteiger partial charge in [-0.05, 0) is 95.4 Å². The van der Waals surface area contributed by atoms with E-state index in [-0.39, 0.29) is 37.3 Å². The third kappa shape index (κ3) is 9.63. The summed E-state index contributed by atoms with van der Waals surface area (Å²) in [5.41, 5.74) is 1.31. The Morgan fingerprint density at radius 1 is 0.809 bits per heavy atom. The number of carbonyl (C=O) groups is 4. The number of imide groups is 1. The van der Waals surface area contributed by atoms with Crippen LogP contribution in [0.4, 0.5) is 15.3 Å². The van der Waals surface area contributed by atoms with E-state index in [1.807, 2.05) is 0 Å². The number of allylic oxidation sites excluding steroid dienone is 1. The maximum absolute atomic E-state index is 13.7. The van der Waals surface area contributed by atoms with Crippen molar-refractivity contribution < 1.29 is 47.6 Å². The molecule has 47 heavy (non-hydrogen) atoms. The molecule has 1 N–H and O–H groups in total. The lowest BCUT2D eigenvalue weighted by Crippen LogP contribution is -2.43. The molecule has 0 unspecified atom stereocenters. The zero-order chi connectivity index (χ0) is 35.1.